The third-order valence-corrected chi connectivity index (χ3v) is 3.97. The highest BCUT2D eigenvalue weighted by molar-refractivity contribution is 5.99. The van der Waals surface area contributed by atoms with Gasteiger partial charge in [0.2, 0.25) is 0 Å². The summed E-state index contributed by atoms with van der Waals surface area (Å²) < 4.78 is 45.7. The second-order valence-corrected chi connectivity index (χ2v) is 6.66. The average molecular weight is 418 g/mol. The van der Waals surface area contributed by atoms with Crippen LogP contribution in [-0.4, -0.2) is 10.9 Å². The molecule has 154 valence electrons. The fourth-order valence-electron chi connectivity index (χ4n) is 2.61. The molecule has 28 heavy (non-hydrogen) atoms. The number of alkyl halides is 3. The van der Waals surface area contributed by atoms with Gasteiger partial charge in [0.15, 0.2) is 5.78 Å². The quantitative estimate of drug-likeness (QED) is 0.615. The SMILES string of the molecule is CC(C)CC(=O)c1ccc(OCc2ccc(CN)cc2)c(C(F)(F)F)c1O.Cl. The van der Waals surface area contributed by atoms with E-state index in [0.29, 0.717) is 12.1 Å². The molecule has 2 rings (SSSR count). The Morgan fingerprint density at radius 3 is 2.18 bits per heavy atom. The van der Waals surface area contributed by atoms with Crippen LogP contribution in [0.3, 0.4) is 0 Å². The maximum Gasteiger partial charge on any atom is 0.423 e. The van der Waals surface area contributed by atoms with Crippen LogP contribution in [0.4, 0.5) is 13.2 Å². The van der Waals surface area contributed by atoms with E-state index in [0.717, 1.165) is 11.6 Å². The molecule has 0 unspecified atom stereocenters. The first-order valence-electron chi connectivity index (χ1n) is 8.50. The van der Waals surface area contributed by atoms with Crippen molar-refractivity contribution in [2.75, 3.05) is 0 Å². The Hall–Kier alpha value is -2.25. The van der Waals surface area contributed by atoms with Crippen LogP contribution in [0.25, 0.3) is 0 Å². The Morgan fingerprint density at radius 1 is 1.11 bits per heavy atom. The number of benzene rings is 2. The van der Waals surface area contributed by atoms with Crippen molar-refractivity contribution in [1.29, 1.82) is 0 Å². The van der Waals surface area contributed by atoms with Crippen molar-refractivity contribution < 1.29 is 27.8 Å². The Bertz CT molecular complexity index is 806. The van der Waals surface area contributed by atoms with Crippen molar-refractivity contribution in [3.63, 3.8) is 0 Å². The Kier molecular flexibility index (Phi) is 8.32. The number of carbonyl (C=O) groups is 1. The molecule has 0 spiro atoms. The summed E-state index contributed by atoms with van der Waals surface area (Å²) in [5.74, 6) is -2.20. The van der Waals surface area contributed by atoms with Gasteiger partial charge in [0.25, 0.3) is 0 Å². The first-order chi connectivity index (χ1) is 12.6. The summed E-state index contributed by atoms with van der Waals surface area (Å²) in [6.07, 6.45) is -4.82. The lowest BCUT2D eigenvalue weighted by atomic mass is 9.97. The molecule has 0 aromatic heterocycles. The molecular weight excluding hydrogens is 395 g/mol. The van der Waals surface area contributed by atoms with Gasteiger partial charge in [0.1, 0.15) is 23.7 Å². The van der Waals surface area contributed by atoms with E-state index in [9.17, 15) is 23.1 Å². The minimum absolute atomic E-state index is 0. The minimum atomic E-state index is -4.86. The average Bonchev–Trinajstić information content (AvgIpc) is 2.58. The van der Waals surface area contributed by atoms with E-state index in [2.05, 4.69) is 0 Å². The monoisotopic (exact) mass is 417 g/mol. The molecule has 3 N–H and O–H groups in total. The number of ether oxygens (including phenoxy) is 1. The number of carbonyl (C=O) groups excluding carboxylic acids is 1. The maximum atomic E-state index is 13.5. The fourth-order valence-corrected chi connectivity index (χ4v) is 2.61. The zero-order valence-electron chi connectivity index (χ0n) is 15.5. The highest BCUT2D eigenvalue weighted by Crippen LogP contribution is 2.44. The van der Waals surface area contributed by atoms with E-state index in [1.165, 1.54) is 6.07 Å². The molecule has 0 aliphatic carbocycles. The van der Waals surface area contributed by atoms with Crippen LogP contribution in [0.15, 0.2) is 36.4 Å². The normalized spacial score (nSPS) is 11.2. The summed E-state index contributed by atoms with van der Waals surface area (Å²) in [5.41, 5.74) is 5.36. The second kappa shape index (κ2) is 9.80. The van der Waals surface area contributed by atoms with Crippen molar-refractivity contribution in [2.45, 2.75) is 39.6 Å². The van der Waals surface area contributed by atoms with Gasteiger partial charge in [-0.3, -0.25) is 4.79 Å². The molecule has 0 bridgehead atoms. The molecule has 0 saturated carbocycles. The van der Waals surface area contributed by atoms with Crippen LogP contribution in [0.1, 0.15) is 47.3 Å². The number of nitrogens with two attached hydrogens (primary N) is 1. The number of ketones is 1. The van der Waals surface area contributed by atoms with Crippen molar-refractivity contribution in [3.8, 4) is 11.5 Å². The Balaban J connectivity index is 0.00000392. The largest absolute Gasteiger partial charge is 0.506 e. The fraction of sp³-hybridized carbons (Fsp3) is 0.350. The summed E-state index contributed by atoms with van der Waals surface area (Å²) in [6, 6.07) is 9.17. The van der Waals surface area contributed by atoms with Crippen molar-refractivity contribution in [3.05, 3.63) is 58.7 Å². The number of Topliss-reactive ketones (excluding diaryl/α,β-unsaturated/α-hetero) is 1. The number of hydrogen-bond acceptors (Lipinski definition) is 4. The molecule has 0 amide bonds. The van der Waals surface area contributed by atoms with Gasteiger partial charge in [-0.1, -0.05) is 38.1 Å². The zero-order valence-corrected chi connectivity index (χ0v) is 16.4. The molecule has 4 nitrogen and oxygen atoms in total. The number of rotatable bonds is 7. The minimum Gasteiger partial charge on any atom is -0.506 e. The van der Waals surface area contributed by atoms with Crippen LogP contribution in [0.5, 0.6) is 11.5 Å². The standard InChI is InChI=1S/C20H22F3NO3.ClH/c1-12(2)9-16(25)15-7-8-17(18(19(15)26)20(21,22)23)27-11-14-5-3-13(10-24)4-6-14;/h3-8,12,26H,9-11,24H2,1-2H3;1H. The van der Waals surface area contributed by atoms with Gasteiger partial charge in [-0.15, -0.1) is 12.4 Å². The number of hydrogen-bond donors (Lipinski definition) is 2. The smallest absolute Gasteiger partial charge is 0.423 e. The number of phenols is 1. The van der Waals surface area contributed by atoms with Crippen LogP contribution < -0.4 is 10.5 Å². The predicted octanol–water partition coefficient (Wildman–Crippen LogP) is 5.10. The summed E-state index contributed by atoms with van der Waals surface area (Å²) in [4.78, 5) is 12.1. The second-order valence-electron chi connectivity index (χ2n) is 6.66. The van der Waals surface area contributed by atoms with Gasteiger partial charge in [0.05, 0.1) is 5.56 Å². The topological polar surface area (TPSA) is 72.5 Å². The summed E-state index contributed by atoms with van der Waals surface area (Å²) in [7, 11) is 0. The van der Waals surface area contributed by atoms with Crippen LogP contribution >= 0.6 is 12.4 Å². The van der Waals surface area contributed by atoms with Crippen LogP contribution in [-0.2, 0) is 19.3 Å². The molecule has 0 aliphatic rings. The van der Waals surface area contributed by atoms with Crippen molar-refractivity contribution in [2.24, 2.45) is 11.7 Å². The highest BCUT2D eigenvalue weighted by atomic mass is 35.5. The first-order valence-corrected chi connectivity index (χ1v) is 8.50. The number of phenolic OH excluding ortho intramolecular Hbond substituents is 1. The summed E-state index contributed by atoms with van der Waals surface area (Å²) in [5, 5.41) is 10.1. The molecule has 8 heteroatoms. The Morgan fingerprint density at radius 2 is 1.68 bits per heavy atom. The molecule has 0 aliphatic heterocycles. The molecular formula is C20H23ClF3NO3. The van der Waals surface area contributed by atoms with E-state index in [-0.39, 0.29) is 36.9 Å². The molecule has 0 saturated heterocycles. The van der Waals surface area contributed by atoms with Gasteiger partial charge in [-0.05, 0) is 29.2 Å². The van der Waals surface area contributed by atoms with E-state index in [1.807, 2.05) is 0 Å². The van der Waals surface area contributed by atoms with Crippen LogP contribution in [0, 0.1) is 5.92 Å². The lowest BCUT2D eigenvalue weighted by Gasteiger charge is -2.18. The Labute approximate surface area is 167 Å². The third kappa shape index (κ3) is 5.87. The van der Waals surface area contributed by atoms with Gasteiger partial charge >= 0.3 is 6.18 Å². The molecule has 2 aromatic rings. The molecule has 0 fully saturated rings. The van der Waals surface area contributed by atoms with Crippen molar-refractivity contribution in [1.82, 2.24) is 0 Å². The van der Waals surface area contributed by atoms with Crippen molar-refractivity contribution >= 4 is 18.2 Å². The predicted molar refractivity (Wildman–Crippen MR) is 103 cm³/mol. The summed E-state index contributed by atoms with van der Waals surface area (Å²) >= 11 is 0. The zero-order chi connectivity index (χ0) is 20.2. The number of aromatic hydroxyl groups is 1. The lowest BCUT2D eigenvalue weighted by Crippen LogP contribution is -2.12. The third-order valence-electron chi connectivity index (χ3n) is 3.97. The molecule has 2 aromatic carbocycles. The van der Waals surface area contributed by atoms with Gasteiger partial charge in [-0.25, -0.2) is 0 Å². The van der Waals surface area contributed by atoms with E-state index < -0.39 is 29.0 Å². The number of halogens is 4. The highest BCUT2D eigenvalue weighted by Gasteiger charge is 2.39. The summed E-state index contributed by atoms with van der Waals surface area (Å²) in [6.45, 7) is 3.78. The molecule has 0 heterocycles. The first kappa shape index (κ1) is 23.8. The van der Waals surface area contributed by atoms with Crippen LogP contribution in [0.2, 0.25) is 0 Å². The van der Waals surface area contributed by atoms with Gasteiger partial charge < -0.3 is 15.6 Å². The van der Waals surface area contributed by atoms with E-state index in [1.54, 1.807) is 38.1 Å². The van der Waals surface area contributed by atoms with Gasteiger partial charge in [-0.2, -0.15) is 13.2 Å². The maximum absolute atomic E-state index is 13.5. The van der Waals surface area contributed by atoms with E-state index in [4.69, 9.17) is 10.5 Å². The van der Waals surface area contributed by atoms with E-state index >= 15 is 0 Å². The van der Waals surface area contributed by atoms with Gasteiger partial charge in [0, 0.05) is 13.0 Å². The lowest BCUT2D eigenvalue weighted by molar-refractivity contribution is -0.140. The molecule has 0 atom stereocenters. The molecule has 0 radical (unpaired) electrons.